The van der Waals surface area contributed by atoms with E-state index in [1.807, 2.05) is 0 Å². The highest BCUT2D eigenvalue weighted by Crippen LogP contribution is 2.44. The number of unbranched alkanes of at least 4 members (excludes halogenated alkanes) is 6. The molecule has 1 heterocycles. The Morgan fingerprint density at radius 1 is 1.06 bits per heavy atom. The van der Waals surface area contributed by atoms with Crippen LogP contribution in [0.3, 0.4) is 0 Å². The van der Waals surface area contributed by atoms with Crippen molar-refractivity contribution in [3.8, 4) is 0 Å². The summed E-state index contributed by atoms with van der Waals surface area (Å²) in [5.74, 6) is -1.48. The lowest BCUT2D eigenvalue weighted by Gasteiger charge is -2.33. The van der Waals surface area contributed by atoms with Crippen LogP contribution in [0.25, 0.3) is 0 Å². The van der Waals surface area contributed by atoms with Crippen LogP contribution in [0, 0.1) is 0 Å². The minimum Gasteiger partial charge on any atom is -0.452 e. The van der Waals surface area contributed by atoms with Gasteiger partial charge in [0.05, 0.1) is 0 Å². The molecule has 0 aliphatic rings. The molecule has 0 N–H and O–H groups in total. The summed E-state index contributed by atoms with van der Waals surface area (Å²) in [5.41, 5.74) is -3.51. The molecule has 2 aromatic rings. The van der Waals surface area contributed by atoms with E-state index in [-0.39, 0.29) is 5.56 Å². The largest absolute Gasteiger partial charge is 0.452 e. The number of thiazole rings is 1. The highest BCUT2D eigenvalue weighted by Gasteiger charge is 2.64. The van der Waals surface area contributed by atoms with Crippen molar-refractivity contribution in [1.82, 2.24) is 4.98 Å². The Morgan fingerprint density at radius 2 is 1.71 bits per heavy atom. The van der Waals surface area contributed by atoms with Crippen LogP contribution in [0.4, 0.5) is 13.2 Å². The fourth-order valence-corrected chi connectivity index (χ4v) is 4.21. The van der Waals surface area contributed by atoms with Gasteiger partial charge >= 0.3 is 12.1 Å². The molecular formula is C23H30F3NO3S. The lowest BCUT2D eigenvalue weighted by atomic mass is 9.92. The van der Waals surface area contributed by atoms with Gasteiger partial charge in [-0.05, 0) is 12.8 Å². The van der Waals surface area contributed by atoms with Crippen LogP contribution >= 0.6 is 11.3 Å². The van der Waals surface area contributed by atoms with Crippen molar-refractivity contribution in [1.29, 1.82) is 0 Å². The van der Waals surface area contributed by atoms with E-state index in [0.29, 0.717) is 11.4 Å². The van der Waals surface area contributed by atoms with Crippen molar-refractivity contribution in [2.45, 2.75) is 76.2 Å². The van der Waals surface area contributed by atoms with Gasteiger partial charge in [0, 0.05) is 24.3 Å². The fraction of sp³-hybridized carbons (Fsp3) is 0.565. The van der Waals surface area contributed by atoms with Crippen molar-refractivity contribution in [2.24, 2.45) is 0 Å². The first-order valence-electron chi connectivity index (χ1n) is 10.6. The summed E-state index contributed by atoms with van der Waals surface area (Å²) in [4.78, 5) is 17.1. The zero-order valence-electron chi connectivity index (χ0n) is 18.0. The minimum absolute atomic E-state index is 0.316. The van der Waals surface area contributed by atoms with Crippen LogP contribution in [0.1, 0.15) is 75.0 Å². The number of nitrogens with zero attached hydrogens (tertiary/aromatic N) is 1. The first-order valence-corrected chi connectivity index (χ1v) is 11.5. The van der Waals surface area contributed by atoms with Gasteiger partial charge in [-0.1, -0.05) is 75.8 Å². The van der Waals surface area contributed by atoms with E-state index in [0.717, 1.165) is 32.8 Å². The highest BCUT2D eigenvalue weighted by atomic mass is 32.1. The molecular weight excluding hydrogens is 427 g/mol. The molecule has 8 heteroatoms. The maximum Gasteiger partial charge on any atom is 0.432 e. The van der Waals surface area contributed by atoms with E-state index < -0.39 is 23.9 Å². The number of halogens is 3. The van der Waals surface area contributed by atoms with Gasteiger partial charge in [-0.3, -0.25) is 0 Å². The smallest absolute Gasteiger partial charge is 0.432 e. The molecule has 0 saturated carbocycles. The number of hydrogen-bond acceptors (Lipinski definition) is 5. The van der Waals surface area contributed by atoms with Gasteiger partial charge in [-0.15, -0.1) is 11.3 Å². The summed E-state index contributed by atoms with van der Waals surface area (Å²) in [7, 11) is 0.871. The third kappa shape index (κ3) is 6.53. The summed E-state index contributed by atoms with van der Waals surface area (Å²) >= 11 is 1.26. The maximum atomic E-state index is 14.1. The van der Waals surface area contributed by atoms with Crippen molar-refractivity contribution >= 4 is 17.3 Å². The average Bonchev–Trinajstić information content (AvgIpc) is 3.27. The number of carbonyl (C=O) groups excluding carboxylic acids is 1. The predicted octanol–water partition coefficient (Wildman–Crippen LogP) is 6.97. The number of alkyl halides is 3. The number of rotatable bonds is 13. The Morgan fingerprint density at radius 3 is 2.26 bits per heavy atom. The van der Waals surface area contributed by atoms with Gasteiger partial charge in [0.2, 0.25) is 0 Å². The van der Waals surface area contributed by atoms with Crippen molar-refractivity contribution < 1.29 is 27.4 Å². The van der Waals surface area contributed by atoms with Gasteiger partial charge in [0.15, 0.2) is 6.10 Å². The van der Waals surface area contributed by atoms with E-state index in [1.165, 1.54) is 54.9 Å². The summed E-state index contributed by atoms with van der Waals surface area (Å²) in [6, 6.07) is 6.86. The van der Waals surface area contributed by atoms with Crippen LogP contribution in [0.5, 0.6) is 0 Å². The van der Waals surface area contributed by atoms with Crippen LogP contribution in [0.2, 0.25) is 0 Å². The molecule has 2 atom stereocenters. The second kappa shape index (κ2) is 12.2. The van der Waals surface area contributed by atoms with Crippen molar-refractivity contribution in [3.05, 3.63) is 52.5 Å². The third-order valence-electron chi connectivity index (χ3n) is 5.22. The maximum absolute atomic E-state index is 14.1. The summed E-state index contributed by atoms with van der Waals surface area (Å²) in [6.07, 6.45) is 3.53. The number of methoxy groups -OCH3 is 1. The molecule has 4 nitrogen and oxygen atoms in total. The number of ether oxygens (including phenoxy) is 2. The van der Waals surface area contributed by atoms with E-state index in [4.69, 9.17) is 9.47 Å². The molecule has 1 aromatic heterocycles. The molecule has 0 saturated heterocycles. The molecule has 0 unspecified atom stereocenters. The van der Waals surface area contributed by atoms with Gasteiger partial charge in [-0.25, -0.2) is 9.78 Å². The number of benzene rings is 1. The first kappa shape index (κ1) is 25.3. The Balaban J connectivity index is 2.15. The van der Waals surface area contributed by atoms with Crippen molar-refractivity contribution in [3.63, 3.8) is 0 Å². The van der Waals surface area contributed by atoms with Crippen molar-refractivity contribution in [2.75, 3.05) is 7.11 Å². The highest BCUT2D eigenvalue weighted by molar-refractivity contribution is 7.09. The average molecular weight is 458 g/mol. The van der Waals surface area contributed by atoms with Crippen LogP contribution in [0.15, 0.2) is 41.9 Å². The zero-order valence-corrected chi connectivity index (χ0v) is 18.8. The lowest BCUT2D eigenvalue weighted by molar-refractivity contribution is -0.278. The third-order valence-corrected chi connectivity index (χ3v) is 6.09. The van der Waals surface area contributed by atoms with E-state index in [2.05, 4.69) is 11.9 Å². The molecule has 172 valence electrons. The molecule has 0 spiro atoms. The Hall–Kier alpha value is -1.93. The Bertz CT molecular complexity index is 768. The summed E-state index contributed by atoms with van der Waals surface area (Å²) < 4.78 is 52.6. The second-order valence-corrected chi connectivity index (χ2v) is 8.35. The SMILES string of the molecule is CCCCCCCCC[C@@H](OC(=O)[C@](OC)(c1ccccc1)C(F)(F)F)c1nccs1. The molecule has 0 amide bonds. The number of aromatic nitrogens is 1. The normalized spacial score (nSPS) is 14.7. The zero-order chi connectivity index (χ0) is 22.7. The van der Waals surface area contributed by atoms with E-state index >= 15 is 0 Å². The monoisotopic (exact) mass is 457 g/mol. The second-order valence-electron chi connectivity index (χ2n) is 7.42. The summed E-state index contributed by atoms with van der Waals surface area (Å²) in [6.45, 7) is 2.16. The molecule has 1 aromatic carbocycles. The number of carbonyl (C=O) groups is 1. The van der Waals surface area contributed by atoms with E-state index in [9.17, 15) is 18.0 Å². The van der Waals surface area contributed by atoms with Gasteiger partial charge in [-0.2, -0.15) is 13.2 Å². The Kier molecular flexibility index (Phi) is 9.96. The Labute approximate surface area is 185 Å². The molecule has 0 aliphatic heterocycles. The van der Waals surface area contributed by atoms with Crippen LogP contribution < -0.4 is 0 Å². The van der Waals surface area contributed by atoms with Gasteiger partial charge < -0.3 is 9.47 Å². The molecule has 0 fully saturated rings. The molecule has 0 radical (unpaired) electrons. The number of hydrogen-bond donors (Lipinski definition) is 0. The van der Waals surface area contributed by atoms with E-state index in [1.54, 1.807) is 17.6 Å². The molecule has 0 aliphatic carbocycles. The quantitative estimate of drug-likeness (QED) is 0.241. The van der Waals surface area contributed by atoms with Gasteiger partial charge in [0.25, 0.3) is 5.60 Å². The van der Waals surface area contributed by atoms with Gasteiger partial charge in [0.1, 0.15) is 5.01 Å². The first-order chi connectivity index (χ1) is 14.9. The summed E-state index contributed by atoms with van der Waals surface area (Å²) in [5, 5.41) is 2.20. The molecule has 31 heavy (non-hydrogen) atoms. The van der Waals surface area contributed by atoms with Crippen LogP contribution in [-0.4, -0.2) is 24.2 Å². The fourth-order valence-electron chi connectivity index (χ4n) is 3.51. The number of esters is 1. The standard InChI is InChI=1S/C23H30F3NO3S/c1-3-4-5-6-7-8-12-15-19(20-27-16-17-31-20)30-21(28)22(29-2,23(24,25)26)18-13-10-9-11-14-18/h9-11,13-14,16-17,19H,3-8,12,15H2,1-2H3/t19-,22-/m1/s1. The molecule has 0 bridgehead atoms. The van der Waals surface area contributed by atoms with Crippen LogP contribution in [-0.2, 0) is 19.9 Å². The molecule has 2 rings (SSSR count). The lowest BCUT2D eigenvalue weighted by Crippen LogP contribution is -2.52. The predicted molar refractivity (Wildman–Crippen MR) is 115 cm³/mol. The minimum atomic E-state index is -4.99. The topological polar surface area (TPSA) is 48.4 Å².